The van der Waals surface area contributed by atoms with Crippen molar-refractivity contribution in [2.45, 2.75) is 13.5 Å². The van der Waals surface area contributed by atoms with Gasteiger partial charge in [-0.25, -0.2) is 4.57 Å². The number of hydrogen-bond donors (Lipinski definition) is 0. The van der Waals surface area contributed by atoms with E-state index in [0.29, 0.717) is 22.9 Å². The molecule has 5 heteroatoms. The summed E-state index contributed by atoms with van der Waals surface area (Å²) in [5, 5.41) is 1.40. The van der Waals surface area contributed by atoms with Gasteiger partial charge in [-0.1, -0.05) is 35.9 Å². The lowest BCUT2D eigenvalue weighted by molar-refractivity contribution is 0.0937. The number of ether oxygens (including phenoxy) is 1. The SMILES string of the molecule is CC(=O)n1c(=O)ccc2cccc(OCc3cccc(Cl)c3)c21. The van der Waals surface area contributed by atoms with Gasteiger partial charge in [0.05, 0.1) is 0 Å². The van der Waals surface area contributed by atoms with Crippen LogP contribution in [0.4, 0.5) is 0 Å². The van der Waals surface area contributed by atoms with Gasteiger partial charge in [0.25, 0.3) is 5.56 Å². The molecule has 0 aliphatic carbocycles. The number of benzene rings is 2. The minimum absolute atomic E-state index is 0.292. The maximum atomic E-state index is 12.0. The highest BCUT2D eigenvalue weighted by atomic mass is 35.5. The minimum Gasteiger partial charge on any atom is -0.487 e. The third kappa shape index (κ3) is 3.12. The van der Waals surface area contributed by atoms with Crippen molar-refractivity contribution in [3.63, 3.8) is 0 Å². The van der Waals surface area contributed by atoms with Gasteiger partial charge in [0.15, 0.2) is 0 Å². The molecule has 1 aromatic heterocycles. The maximum Gasteiger partial charge on any atom is 0.257 e. The summed E-state index contributed by atoms with van der Waals surface area (Å²) in [7, 11) is 0. The van der Waals surface area contributed by atoms with Gasteiger partial charge in [-0.05, 0) is 29.8 Å². The molecule has 3 rings (SSSR count). The molecule has 4 nitrogen and oxygen atoms in total. The van der Waals surface area contributed by atoms with E-state index in [4.69, 9.17) is 16.3 Å². The molecule has 0 saturated heterocycles. The minimum atomic E-state index is -0.371. The van der Waals surface area contributed by atoms with Crippen molar-refractivity contribution >= 4 is 28.4 Å². The average molecular weight is 328 g/mol. The van der Waals surface area contributed by atoms with Crippen molar-refractivity contribution in [1.82, 2.24) is 4.57 Å². The molecule has 0 atom stereocenters. The Hall–Kier alpha value is -2.59. The quantitative estimate of drug-likeness (QED) is 0.733. The molecule has 0 fully saturated rings. The molecule has 0 N–H and O–H groups in total. The molecule has 2 aromatic carbocycles. The molecule has 3 aromatic rings. The van der Waals surface area contributed by atoms with Crippen LogP contribution in [0.15, 0.2) is 59.4 Å². The number of pyridine rings is 1. The Morgan fingerprint density at radius 2 is 1.91 bits per heavy atom. The summed E-state index contributed by atoms with van der Waals surface area (Å²) in [5.74, 6) is 0.134. The average Bonchev–Trinajstić information content (AvgIpc) is 2.52. The number of aromatic nitrogens is 1. The largest absolute Gasteiger partial charge is 0.487 e. The first-order valence-electron chi connectivity index (χ1n) is 7.09. The molecule has 0 aliphatic rings. The Morgan fingerprint density at radius 1 is 1.13 bits per heavy atom. The Bertz CT molecular complexity index is 946. The van der Waals surface area contributed by atoms with Crippen molar-refractivity contribution in [1.29, 1.82) is 0 Å². The Kier molecular flexibility index (Phi) is 4.17. The number of carbonyl (C=O) groups is 1. The summed E-state index contributed by atoms with van der Waals surface area (Å²) in [6, 6.07) is 15.8. The standard InChI is InChI=1S/C18H14ClNO3/c1-12(21)20-17(22)9-8-14-5-3-7-16(18(14)20)23-11-13-4-2-6-15(19)10-13/h2-10H,11H2,1H3. The number of halogens is 1. The van der Waals surface area contributed by atoms with Crippen molar-refractivity contribution < 1.29 is 9.53 Å². The zero-order chi connectivity index (χ0) is 16.4. The number of para-hydroxylation sites is 1. The molecule has 0 unspecified atom stereocenters. The van der Waals surface area contributed by atoms with Gasteiger partial charge in [-0.2, -0.15) is 0 Å². The fourth-order valence-corrected chi connectivity index (χ4v) is 2.69. The summed E-state index contributed by atoms with van der Waals surface area (Å²) >= 11 is 5.96. The smallest absolute Gasteiger partial charge is 0.257 e. The number of rotatable bonds is 3. The summed E-state index contributed by atoms with van der Waals surface area (Å²) < 4.78 is 6.96. The van der Waals surface area contributed by atoms with E-state index in [1.165, 1.54) is 13.0 Å². The predicted octanol–water partition coefficient (Wildman–Crippen LogP) is 3.89. The Labute approximate surface area is 137 Å². The summed E-state index contributed by atoms with van der Waals surface area (Å²) in [6.07, 6.45) is 0. The molecule has 0 radical (unpaired) electrons. The number of carbonyl (C=O) groups excluding carboxylic acids is 1. The second kappa shape index (κ2) is 6.26. The normalized spacial score (nSPS) is 10.7. The first kappa shape index (κ1) is 15.3. The van der Waals surface area contributed by atoms with Crippen LogP contribution < -0.4 is 10.3 Å². The van der Waals surface area contributed by atoms with Gasteiger partial charge in [-0.3, -0.25) is 9.59 Å². The van der Waals surface area contributed by atoms with Gasteiger partial charge in [0.2, 0.25) is 5.91 Å². The van der Waals surface area contributed by atoms with Crippen LogP contribution in [0.2, 0.25) is 5.02 Å². The van der Waals surface area contributed by atoms with Crippen molar-refractivity contribution in [3.8, 4) is 5.75 Å². The first-order valence-corrected chi connectivity index (χ1v) is 7.47. The van der Waals surface area contributed by atoms with E-state index in [0.717, 1.165) is 15.5 Å². The van der Waals surface area contributed by atoms with Gasteiger partial charge in [-0.15, -0.1) is 0 Å². The molecule has 0 spiro atoms. The topological polar surface area (TPSA) is 48.3 Å². The van der Waals surface area contributed by atoms with Crippen molar-refractivity contribution in [3.05, 3.63) is 75.5 Å². The first-order chi connectivity index (χ1) is 11.1. The second-order valence-corrected chi connectivity index (χ2v) is 5.58. The monoisotopic (exact) mass is 327 g/mol. The number of nitrogens with zero attached hydrogens (tertiary/aromatic N) is 1. The van der Waals surface area contributed by atoms with Gasteiger partial charge in [0.1, 0.15) is 17.9 Å². The molecular formula is C18H14ClNO3. The summed E-state index contributed by atoms with van der Waals surface area (Å²) in [6.45, 7) is 1.65. The van der Waals surface area contributed by atoms with E-state index < -0.39 is 0 Å². The molecule has 1 heterocycles. The predicted molar refractivity (Wildman–Crippen MR) is 90.3 cm³/mol. The Morgan fingerprint density at radius 3 is 2.65 bits per heavy atom. The van der Waals surface area contributed by atoms with Crippen LogP contribution >= 0.6 is 11.6 Å². The molecule has 0 saturated carbocycles. The van der Waals surface area contributed by atoms with Gasteiger partial charge in [0, 0.05) is 23.4 Å². The molecule has 0 bridgehead atoms. The fraction of sp³-hybridized carbons (Fsp3) is 0.111. The van der Waals surface area contributed by atoms with E-state index in [1.54, 1.807) is 18.2 Å². The van der Waals surface area contributed by atoms with Crippen LogP contribution in [-0.2, 0) is 6.61 Å². The van der Waals surface area contributed by atoms with Crippen LogP contribution in [-0.4, -0.2) is 10.5 Å². The fourth-order valence-electron chi connectivity index (χ4n) is 2.48. The van der Waals surface area contributed by atoms with Crippen LogP contribution in [0.3, 0.4) is 0 Å². The Balaban J connectivity index is 2.05. The van der Waals surface area contributed by atoms with Gasteiger partial charge >= 0.3 is 0 Å². The second-order valence-electron chi connectivity index (χ2n) is 5.14. The molecular weight excluding hydrogens is 314 g/mol. The summed E-state index contributed by atoms with van der Waals surface area (Å²) in [5.41, 5.74) is 1.01. The third-order valence-electron chi connectivity index (χ3n) is 3.48. The van der Waals surface area contributed by atoms with Crippen LogP contribution in [0.25, 0.3) is 10.9 Å². The van der Waals surface area contributed by atoms with Crippen molar-refractivity contribution in [2.24, 2.45) is 0 Å². The lowest BCUT2D eigenvalue weighted by Gasteiger charge is -2.13. The van der Waals surface area contributed by atoms with E-state index in [9.17, 15) is 9.59 Å². The highest BCUT2D eigenvalue weighted by Crippen LogP contribution is 2.25. The maximum absolute atomic E-state index is 12.0. The molecule has 0 aliphatic heterocycles. The zero-order valence-corrected chi connectivity index (χ0v) is 13.2. The van der Waals surface area contributed by atoms with Gasteiger partial charge < -0.3 is 4.74 Å². The van der Waals surface area contributed by atoms with Crippen LogP contribution in [0, 0.1) is 0 Å². The van der Waals surface area contributed by atoms with Crippen LogP contribution in [0.5, 0.6) is 5.75 Å². The highest BCUT2D eigenvalue weighted by molar-refractivity contribution is 6.30. The van der Waals surface area contributed by atoms with E-state index in [1.807, 2.05) is 30.3 Å². The molecule has 0 amide bonds. The highest BCUT2D eigenvalue weighted by Gasteiger charge is 2.12. The number of hydrogen-bond acceptors (Lipinski definition) is 3. The summed E-state index contributed by atoms with van der Waals surface area (Å²) in [4.78, 5) is 23.9. The lowest BCUT2D eigenvalue weighted by atomic mass is 10.2. The lowest BCUT2D eigenvalue weighted by Crippen LogP contribution is -2.24. The van der Waals surface area contributed by atoms with E-state index in [-0.39, 0.29) is 11.5 Å². The van der Waals surface area contributed by atoms with E-state index in [2.05, 4.69) is 0 Å². The zero-order valence-electron chi connectivity index (χ0n) is 12.5. The van der Waals surface area contributed by atoms with Crippen LogP contribution in [0.1, 0.15) is 17.3 Å². The van der Waals surface area contributed by atoms with E-state index >= 15 is 0 Å². The third-order valence-corrected chi connectivity index (χ3v) is 3.71. The molecule has 116 valence electrons. The van der Waals surface area contributed by atoms with Crippen molar-refractivity contribution in [2.75, 3.05) is 0 Å². The number of fused-ring (bicyclic) bond motifs is 1. The molecule has 23 heavy (non-hydrogen) atoms.